The Morgan fingerprint density at radius 1 is 1.22 bits per heavy atom. The van der Waals surface area contributed by atoms with Crippen LogP contribution in [0.2, 0.25) is 0 Å². The average molecular weight is 454 g/mol. The van der Waals surface area contributed by atoms with Crippen molar-refractivity contribution in [3.63, 3.8) is 0 Å². The minimum absolute atomic E-state index is 0.0726. The van der Waals surface area contributed by atoms with Crippen LogP contribution in [0.5, 0.6) is 5.75 Å². The number of aliphatic hydroxyl groups is 1. The molecule has 10 heteroatoms. The van der Waals surface area contributed by atoms with Crippen molar-refractivity contribution in [2.45, 2.75) is 25.7 Å². The highest BCUT2D eigenvalue weighted by Crippen LogP contribution is 2.30. The minimum atomic E-state index is -4.44. The van der Waals surface area contributed by atoms with Crippen molar-refractivity contribution in [2.75, 3.05) is 20.2 Å². The molecule has 2 N–H and O–H groups in total. The number of amides is 2. The van der Waals surface area contributed by atoms with Gasteiger partial charge in [0, 0.05) is 18.0 Å². The topological polar surface area (TPSA) is 74.9 Å². The summed E-state index contributed by atoms with van der Waals surface area (Å²) in [6.07, 6.45) is -5.51. The molecular weight excluding hydrogens is 432 g/mol. The second-order valence-corrected chi connectivity index (χ2v) is 7.32. The van der Waals surface area contributed by atoms with Crippen LogP contribution >= 0.6 is 0 Å². The summed E-state index contributed by atoms with van der Waals surface area (Å²) in [5.74, 6) is 0.267. The number of nitrogens with zero attached hydrogens (tertiary/aromatic N) is 1. The number of hydrogen-bond acceptors (Lipinski definition) is 4. The van der Waals surface area contributed by atoms with E-state index in [1.54, 1.807) is 6.92 Å². The third-order valence-corrected chi connectivity index (χ3v) is 4.85. The normalized spacial score (nSPS) is 12.6. The van der Waals surface area contributed by atoms with E-state index in [4.69, 9.17) is 9.15 Å². The summed E-state index contributed by atoms with van der Waals surface area (Å²) in [6.45, 7) is 1.55. The first kappa shape index (κ1) is 23.4. The Labute approximate surface area is 181 Å². The number of likely N-dealkylation sites (N-methyl/N-ethyl adjacent to an activating group) is 1. The highest BCUT2D eigenvalue weighted by Gasteiger charge is 2.30. The molecule has 6 nitrogen and oxygen atoms in total. The van der Waals surface area contributed by atoms with Gasteiger partial charge in [-0.25, -0.2) is 9.18 Å². The molecule has 2 amide bonds. The van der Waals surface area contributed by atoms with E-state index in [1.165, 1.54) is 30.1 Å². The van der Waals surface area contributed by atoms with Gasteiger partial charge < -0.3 is 24.5 Å². The quantitative estimate of drug-likeness (QED) is 0.517. The van der Waals surface area contributed by atoms with Gasteiger partial charge >= 0.3 is 12.2 Å². The largest absolute Gasteiger partial charge is 0.491 e. The Bertz CT molecular complexity index is 1080. The molecule has 3 aromatic rings. The fourth-order valence-corrected chi connectivity index (χ4v) is 3.09. The molecular formula is C22H22F4N2O4. The van der Waals surface area contributed by atoms with Gasteiger partial charge in [0.1, 0.15) is 35.6 Å². The van der Waals surface area contributed by atoms with Gasteiger partial charge in [-0.1, -0.05) is 0 Å². The fourth-order valence-electron chi connectivity index (χ4n) is 3.09. The van der Waals surface area contributed by atoms with Gasteiger partial charge in [0.15, 0.2) is 0 Å². The molecule has 32 heavy (non-hydrogen) atoms. The second-order valence-electron chi connectivity index (χ2n) is 7.32. The van der Waals surface area contributed by atoms with E-state index in [1.807, 2.05) is 0 Å². The summed E-state index contributed by atoms with van der Waals surface area (Å²) < 4.78 is 62.0. The highest BCUT2D eigenvalue weighted by molar-refractivity contribution is 5.82. The lowest BCUT2D eigenvalue weighted by molar-refractivity contribution is -0.137. The first-order valence-electron chi connectivity index (χ1n) is 9.69. The molecule has 1 atom stereocenters. The number of alkyl halides is 3. The number of ether oxygens (including phenoxy) is 1. The van der Waals surface area contributed by atoms with Gasteiger partial charge in [-0.3, -0.25) is 0 Å². The predicted octanol–water partition coefficient (Wildman–Crippen LogP) is 4.48. The summed E-state index contributed by atoms with van der Waals surface area (Å²) in [5, 5.41) is 13.4. The Hall–Kier alpha value is -3.27. The molecule has 2 aromatic carbocycles. The maximum Gasteiger partial charge on any atom is 0.416 e. The van der Waals surface area contributed by atoms with Gasteiger partial charge in [0.25, 0.3) is 0 Å². The number of urea groups is 1. The van der Waals surface area contributed by atoms with E-state index in [-0.39, 0.29) is 31.3 Å². The summed E-state index contributed by atoms with van der Waals surface area (Å²) in [5.41, 5.74) is 0.427. The third kappa shape index (κ3) is 5.70. The number of aliphatic hydroxyl groups excluding tert-OH is 1. The Balaban J connectivity index is 1.47. The van der Waals surface area contributed by atoms with Crippen LogP contribution in [0, 0.1) is 12.7 Å². The molecule has 0 aliphatic carbocycles. The van der Waals surface area contributed by atoms with E-state index >= 15 is 0 Å². The molecule has 0 spiro atoms. The molecule has 1 unspecified atom stereocenters. The number of rotatable bonds is 7. The van der Waals surface area contributed by atoms with Crippen LogP contribution in [0.1, 0.15) is 16.9 Å². The number of carbonyl (C=O) groups is 1. The van der Waals surface area contributed by atoms with Crippen LogP contribution in [0.3, 0.4) is 0 Å². The van der Waals surface area contributed by atoms with Crippen molar-refractivity contribution >= 4 is 17.0 Å². The van der Waals surface area contributed by atoms with Gasteiger partial charge in [0.05, 0.1) is 18.7 Å². The SMILES string of the molecule is Cc1c(CNC(=O)N(C)CC(O)COc2ccc(C(F)(F)F)cc2)oc2ccc(F)cc12. The number of aryl methyl sites for hydroxylation is 1. The molecule has 0 aliphatic heterocycles. The lowest BCUT2D eigenvalue weighted by Crippen LogP contribution is -2.42. The fraction of sp³-hybridized carbons (Fsp3) is 0.318. The summed E-state index contributed by atoms with van der Waals surface area (Å²) >= 11 is 0. The van der Waals surface area contributed by atoms with E-state index in [0.717, 1.165) is 24.3 Å². The maximum atomic E-state index is 13.4. The van der Waals surface area contributed by atoms with E-state index in [2.05, 4.69) is 5.32 Å². The first-order chi connectivity index (χ1) is 15.0. The van der Waals surface area contributed by atoms with Gasteiger partial charge in [0.2, 0.25) is 0 Å². The monoisotopic (exact) mass is 454 g/mol. The summed E-state index contributed by atoms with van der Waals surface area (Å²) in [7, 11) is 1.47. The molecule has 172 valence electrons. The van der Waals surface area contributed by atoms with Crippen molar-refractivity contribution in [1.82, 2.24) is 10.2 Å². The standard InChI is InChI=1S/C22H22F4N2O4/c1-13-18-9-15(23)5-8-19(18)32-20(13)10-27-21(30)28(2)11-16(29)12-31-17-6-3-14(4-7-17)22(24,25)26/h3-9,16,29H,10-12H2,1-2H3,(H,27,30). The lowest BCUT2D eigenvalue weighted by atomic mass is 10.1. The molecule has 0 fully saturated rings. The summed E-state index contributed by atoms with van der Waals surface area (Å²) in [4.78, 5) is 13.5. The van der Waals surface area contributed by atoms with Crippen LogP contribution in [-0.4, -0.2) is 42.3 Å². The van der Waals surface area contributed by atoms with Gasteiger partial charge in [-0.2, -0.15) is 13.2 Å². The summed E-state index contributed by atoms with van der Waals surface area (Å²) in [6, 6.07) is 7.77. The lowest BCUT2D eigenvalue weighted by Gasteiger charge is -2.21. The zero-order valence-corrected chi connectivity index (χ0v) is 17.4. The van der Waals surface area contributed by atoms with Crippen molar-refractivity contribution in [3.05, 3.63) is 65.2 Å². The van der Waals surface area contributed by atoms with Crippen molar-refractivity contribution in [3.8, 4) is 5.75 Å². The molecule has 0 saturated heterocycles. The number of benzene rings is 2. The molecule has 1 aromatic heterocycles. The van der Waals surface area contributed by atoms with Crippen LogP contribution in [-0.2, 0) is 12.7 Å². The van der Waals surface area contributed by atoms with Crippen LogP contribution in [0.4, 0.5) is 22.4 Å². The van der Waals surface area contributed by atoms with Crippen molar-refractivity contribution in [1.29, 1.82) is 0 Å². The zero-order valence-electron chi connectivity index (χ0n) is 17.4. The average Bonchev–Trinajstić information content (AvgIpc) is 3.05. The number of carbonyl (C=O) groups excluding carboxylic acids is 1. The minimum Gasteiger partial charge on any atom is -0.491 e. The molecule has 0 aliphatic rings. The van der Waals surface area contributed by atoms with E-state index < -0.39 is 23.9 Å². The van der Waals surface area contributed by atoms with E-state index in [9.17, 15) is 27.5 Å². The first-order valence-corrected chi connectivity index (χ1v) is 9.69. The van der Waals surface area contributed by atoms with Crippen LogP contribution < -0.4 is 10.1 Å². The van der Waals surface area contributed by atoms with Crippen LogP contribution in [0.25, 0.3) is 11.0 Å². The van der Waals surface area contributed by atoms with Crippen molar-refractivity contribution < 1.29 is 36.6 Å². The number of halogens is 4. The second kappa shape index (κ2) is 9.47. The van der Waals surface area contributed by atoms with Gasteiger partial charge in [-0.15, -0.1) is 0 Å². The Morgan fingerprint density at radius 2 is 1.91 bits per heavy atom. The van der Waals surface area contributed by atoms with Crippen molar-refractivity contribution in [2.24, 2.45) is 0 Å². The number of hydrogen-bond donors (Lipinski definition) is 2. The molecule has 3 rings (SSSR count). The van der Waals surface area contributed by atoms with Crippen LogP contribution in [0.15, 0.2) is 46.9 Å². The molecule has 0 radical (unpaired) electrons. The van der Waals surface area contributed by atoms with E-state index in [0.29, 0.717) is 22.3 Å². The maximum absolute atomic E-state index is 13.4. The number of furan rings is 1. The molecule has 0 saturated carbocycles. The smallest absolute Gasteiger partial charge is 0.416 e. The number of fused-ring (bicyclic) bond motifs is 1. The predicted molar refractivity (Wildman–Crippen MR) is 109 cm³/mol. The zero-order chi connectivity index (χ0) is 23.5. The highest BCUT2D eigenvalue weighted by atomic mass is 19.4. The number of nitrogens with one attached hydrogen (secondary N) is 1. The molecule has 1 heterocycles. The Kier molecular flexibility index (Phi) is 6.93. The third-order valence-electron chi connectivity index (χ3n) is 4.85. The molecule has 0 bridgehead atoms. The Morgan fingerprint density at radius 3 is 2.56 bits per heavy atom. The van der Waals surface area contributed by atoms with Gasteiger partial charge in [-0.05, 0) is 49.4 Å².